The first-order valence-corrected chi connectivity index (χ1v) is 10.1. The van der Waals surface area contributed by atoms with Gasteiger partial charge in [-0.25, -0.2) is 22.8 Å². The summed E-state index contributed by atoms with van der Waals surface area (Å²) < 4.78 is 44.0. The van der Waals surface area contributed by atoms with E-state index in [2.05, 4.69) is 9.97 Å². The molecular formula is C16H20FN3O4S. The van der Waals surface area contributed by atoms with Crippen molar-refractivity contribution in [1.82, 2.24) is 14.9 Å². The van der Waals surface area contributed by atoms with E-state index in [-0.39, 0.29) is 50.2 Å². The Labute approximate surface area is 145 Å². The van der Waals surface area contributed by atoms with Crippen molar-refractivity contribution in [3.63, 3.8) is 0 Å². The van der Waals surface area contributed by atoms with Crippen LogP contribution in [0.5, 0.6) is 6.01 Å². The summed E-state index contributed by atoms with van der Waals surface area (Å²) in [6, 6.07) is 1.86. The fourth-order valence-electron chi connectivity index (χ4n) is 3.97. The van der Waals surface area contributed by atoms with Crippen LogP contribution < -0.4 is 4.74 Å². The molecular weight excluding hydrogens is 349 g/mol. The SMILES string of the molecule is O=C(N1CC2(C1)[C@@H](COc1ncccn1)CCS2(=O)=O)C1(F)CCC1. The number of sulfone groups is 1. The van der Waals surface area contributed by atoms with E-state index in [1.807, 2.05) is 0 Å². The fraction of sp³-hybridized carbons (Fsp3) is 0.688. The second-order valence-corrected chi connectivity index (χ2v) is 9.64. The maximum atomic E-state index is 14.3. The van der Waals surface area contributed by atoms with Crippen molar-refractivity contribution in [2.45, 2.75) is 36.1 Å². The molecule has 0 aromatic carbocycles. The van der Waals surface area contributed by atoms with E-state index in [0.717, 1.165) is 0 Å². The van der Waals surface area contributed by atoms with Crippen LogP contribution in [0.25, 0.3) is 0 Å². The molecule has 7 nitrogen and oxygen atoms in total. The molecule has 1 amide bonds. The molecule has 0 radical (unpaired) electrons. The molecule has 0 bridgehead atoms. The van der Waals surface area contributed by atoms with Gasteiger partial charge in [0.25, 0.3) is 5.91 Å². The Balaban J connectivity index is 1.46. The van der Waals surface area contributed by atoms with E-state index in [0.29, 0.717) is 12.8 Å². The van der Waals surface area contributed by atoms with Crippen LogP contribution in [0.15, 0.2) is 18.5 Å². The lowest BCUT2D eigenvalue weighted by Gasteiger charge is -2.52. The molecule has 3 fully saturated rings. The minimum atomic E-state index is -3.34. The molecule has 0 unspecified atom stereocenters. The topological polar surface area (TPSA) is 89.5 Å². The lowest BCUT2D eigenvalue weighted by molar-refractivity contribution is -0.156. The summed E-state index contributed by atoms with van der Waals surface area (Å²) in [5.41, 5.74) is -1.78. The predicted molar refractivity (Wildman–Crippen MR) is 86.4 cm³/mol. The third-order valence-electron chi connectivity index (χ3n) is 5.79. The highest BCUT2D eigenvalue weighted by Gasteiger charge is 2.64. The zero-order valence-corrected chi connectivity index (χ0v) is 14.5. The molecule has 9 heteroatoms. The number of hydrogen-bond donors (Lipinski definition) is 0. The van der Waals surface area contributed by atoms with Crippen LogP contribution in [0.3, 0.4) is 0 Å². The van der Waals surface area contributed by atoms with E-state index in [1.54, 1.807) is 18.5 Å². The first-order valence-electron chi connectivity index (χ1n) is 8.47. The molecule has 1 saturated carbocycles. The highest BCUT2D eigenvalue weighted by atomic mass is 32.2. The molecule has 0 N–H and O–H groups in total. The second kappa shape index (κ2) is 5.62. The van der Waals surface area contributed by atoms with Crippen LogP contribution in [0.2, 0.25) is 0 Å². The Morgan fingerprint density at radius 1 is 1.32 bits per heavy atom. The van der Waals surface area contributed by atoms with E-state index < -0.39 is 26.2 Å². The number of alkyl halides is 1. The van der Waals surface area contributed by atoms with E-state index in [1.165, 1.54) is 4.90 Å². The van der Waals surface area contributed by atoms with Crippen LogP contribution in [0.1, 0.15) is 25.7 Å². The van der Waals surface area contributed by atoms with Gasteiger partial charge in [-0.15, -0.1) is 0 Å². The minimum absolute atomic E-state index is 0.0590. The number of hydrogen-bond acceptors (Lipinski definition) is 6. The predicted octanol–water partition coefficient (Wildman–Crippen LogP) is 0.763. The Bertz CT molecular complexity index is 776. The number of ether oxygens (including phenoxy) is 1. The first kappa shape index (κ1) is 16.7. The molecule has 136 valence electrons. The van der Waals surface area contributed by atoms with Crippen molar-refractivity contribution in [1.29, 1.82) is 0 Å². The van der Waals surface area contributed by atoms with Gasteiger partial charge in [0.15, 0.2) is 15.5 Å². The third kappa shape index (κ3) is 2.51. The van der Waals surface area contributed by atoms with Gasteiger partial charge in [-0.3, -0.25) is 4.79 Å². The Morgan fingerprint density at radius 3 is 2.60 bits per heavy atom. The number of amides is 1. The van der Waals surface area contributed by atoms with Gasteiger partial charge < -0.3 is 9.64 Å². The molecule has 3 heterocycles. The molecule has 25 heavy (non-hydrogen) atoms. The van der Waals surface area contributed by atoms with Gasteiger partial charge in [0.2, 0.25) is 0 Å². The van der Waals surface area contributed by atoms with Crippen LogP contribution in [0.4, 0.5) is 4.39 Å². The molecule has 2 aliphatic heterocycles. The van der Waals surface area contributed by atoms with Crippen molar-refractivity contribution < 1.29 is 22.3 Å². The normalized spacial score (nSPS) is 28.2. The Morgan fingerprint density at radius 2 is 2.00 bits per heavy atom. The summed E-state index contributed by atoms with van der Waals surface area (Å²) in [7, 11) is -3.34. The number of likely N-dealkylation sites (tertiary alicyclic amines) is 1. The van der Waals surface area contributed by atoms with Crippen LogP contribution in [-0.4, -0.2) is 65.1 Å². The molecule has 3 aliphatic rings. The number of halogens is 1. The standard InChI is InChI=1S/C16H20FN3O4S/c17-15(4-1-5-15)13(21)20-10-16(11-20)12(3-8-25(16,22)23)9-24-14-18-6-2-7-19-14/h2,6-7,12H,1,3-5,8-11H2/t12-/m1/s1. The summed E-state index contributed by atoms with van der Waals surface area (Å²) in [4.78, 5) is 21.6. The van der Waals surface area contributed by atoms with Crippen molar-refractivity contribution in [3.8, 4) is 6.01 Å². The van der Waals surface area contributed by atoms with Crippen LogP contribution in [0, 0.1) is 5.92 Å². The minimum Gasteiger partial charge on any atom is -0.463 e. The van der Waals surface area contributed by atoms with Crippen molar-refractivity contribution in [2.24, 2.45) is 5.92 Å². The van der Waals surface area contributed by atoms with Gasteiger partial charge in [0.05, 0.1) is 12.4 Å². The molecule has 1 aromatic heterocycles. The lowest BCUT2D eigenvalue weighted by atomic mass is 9.77. The van der Waals surface area contributed by atoms with Crippen LogP contribution in [-0.2, 0) is 14.6 Å². The molecule has 1 aliphatic carbocycles. The summed E-state index contributed by atoms with van der Waals surface area (Å²) in [5, 5.41) is 0. The summed E-state index contributed by atoms with van der Waals surface area (Å²) >= 11 is 0. The number of carbonyl (C=O) groups is 1. The van der Waals surface area contributed by atoms with Gasteiger partial charge in [0, 0.05) is 31.4 Å². The fourth-order valence-corrected chi connectivity index (χ4v) is 6.37. The number of aromatic nitrogens is 2. The maximum Gasteiger partial charge on any atom is 0.316 e. The highest BCUT2D eigenvalue weighted by molar-refractivity contribution is 7.93. The Hall–Kier alpha value is -1.77. The smallest absolute Gasteiger partial charge is 0.316 e. The van der Waals surface area contributed by atoms with Gasteiger partial charge in [-0.1, -0.05) is 0 Å². The monoisotopic (exact) mass is 369 g/mol. The van der Waals surface area contributed by atoms with Crippen LogP contribution >= 0.6 is 0 Å². The molecule has 1 aromatic rings. The summed E-state index contributed by atoms with van der Waals surface area (Å²) in [6.07, 6.45) is 4.74. The second-order valence-electron chi connectivity index (χ2n) is 7.19. The largest absolute Gasteiger partial charge is 0.463 e. The average Bonchev–Trinajstić information content (AvgIpc) is 2.80. The van der Waals surface area contributed by atoms with Gasteiger partial charge in [0.1, 0.15) is 4.75 Å². The first-order chi connectivity index (χ1) is 11.9. The average molecular weight is 369 g/mol. The highest BCUT2D eigenvalue weighted by Crippen LogP contribution is 2.47. The van der Waals surface area contributed by atoms with Gasteiger partial charge in [-0.2, -0.15) is 0 Å². The van der Waals surface area contributed by atoms with E-state index in [4.69, 9.17) is 4.74 Å². The van der Waals surface area contributed by atoms with E-state index in [9.17, 15) is 17.6 Å². The van der Waals surface area contributed by atoms with Gasteiger partial charge in [-0.05, 0) is 31.7 Å². The summed E-state index contributed by atoms with van der Waals surface area (Å²) in [5.74, 6) is -0.737. The number of carbonyl (C=O) groups excluding carboxylic acids is 1. The summed E-state index contributed by atoms with van der Waals surface area (Å²) in [6.45, 7) is 0.291. The van der Waals surface area contributed by atoms with Crippen molar-refractivity contribution in [2.75, 3.05) is 25.4 Å². The Kier molecular flexibility index (Phi) is 3.75. The van der Waals surface area contributed by atoms with E-state index >= 15 is 0 Å². The number of nitrogens with zero attached hydrogens (tertiary/aromatic N) is 3. The molecule has 4 rings (SSSR count). The zero-order valence-electron chi connectivity index (χ0n) is 13.7. The maximum absolute atomic E-state index is 14.3. The quantitative estimate of drug-likeness (QED) is 0.779. The van der Waals surface area contributed by atoms with Crippen molar-refractivity contribution >= 4 is 15.7 Å². The number of rotatable bonds is 4. The molecule has 2 saturated heterocycles. The third-order valence-corrected chi connectivity index (χ3v) is 8.39. The molecule has 1 atom stereocenters. The van der Waals surface area contributed by atoms with Gasteiger partial charge >= 0.3 is 6.01 Å². The lowest BCUT2D eigenvalue weighted by Crippen LogP contribution is -2.71. The van der Waals surface area contributed by atoms with Crippen molar-refractivity contribution in [3.05, 3.63) is 18.5 Å². The molecule has 1 spiro atoms. The zero-order chi connectivity index (χ0) is 17.7.